The molecule has 0 radical (unpaired) electrons. The van der Waals surface area contributed by atoms with Gasteiger partial charge in [-0.1, -0.05) is 0 Å². The summed E-state index contributed by atoms with van der Waals surface area (Å²) in [6.45, 7) is 4.02. The molecule has 1 amide bonds. The van der Waals surface area contributed by atoms with E-state index in [9.17, 15) is 22.8 Å². The fourth-order valence-corrected chi connectivity index (χ4v) is 1.13. The number of ether oxygens (including phenoxy) is 3. The van der Waals surface area contributed by atoms with Crippen LogP contribution in [0.3, 0.4) is 0 Å². The first-order valence-corrected chi connectivity index (χ1v) is 5.72. The van der Waals surface area contributed by atoms with Crippen molar-refractivity contribution in [2.45, 2.75) is 45.2 Å². The average molecular weight is 301 g/mol. The number of esters is 1. The Balaban J connectivity index is 4.43. The van der Waals surface area contributed by atoms with Crippen LogP contribution in [0.5, 0.6) is 0 Å². The van der Waals surface area contributed by atoms with Crippen molar-refractivity contribution in [2.75, 3.05) is 13.7 Å². The van der Waals surface area contributed by atoms with Crippen LogP contribution in [0.2, 0.25) is 0 Å². The summed E-state index contributed by atoms with van der Waals surface area (Å²) < 4.78 is 48.3. The molecule has 0 rings (SSSR count). The van der Waals surface area contributed by atoms with Gasteiger partial charge in [-0.25, -0.2) is 9.59 Å². The number of halogens is 3. The van der Waals surface area contributed by atoms with E-state index < -0.39 is 43.1 Å². The van der Waals surface area contributed by atoms with Crippen LogP contribution in [-0.2, 0) is 19.0 Å². The Labute approximate surface area is 114 Å². The van der Waals surface area contributed by atoms with Gasteiger partial charge in [0.25, 0.3) is 0 Å². The number of nitrogens with one attached hydrogen (secondary N) is 1. The zero-order valence-corrected chi connectivity index (χ0v) is 11.7. The molecule has 0 aromatic carbocycles. The Morgan fingerprint density at radius 2 is 1.75 bits per heavy atom. The highest BCUT2D eigenvalue weighted by Crippen LogP contribution is 2.16. The van der Waals surface area contributed by atoms with Crippen molar-refractivity contribution in [3.63, 3.8) is 0 Å². The van der Waals surface area contributed by atoms with E-state index in [1.54, 1.807) is 20.8 Å². The van der Waals surface area contributed by atoms with Crippen LogP contribution < -0.4 is 5.32 Å². The molecular formula is C11H18F3NO5. The first kappa shape index (κ1) is 18.5. The average Bonchev–Trinajstić information content (AvgIpc) is 2.22. The first-order valence-electron chi connectivity index (χ1n) is 5.72. The van der Waals surface area contributed by atoms with Crippen molar-refractivity contribution in [1.82, 2.24) is 5.32 Å². The molecule has 0 saturated heterocycles. The number of alkyl carbamates (subject to hydrolysis) is 1. The number of rotatable bonds is 5. The molecule has 0 aliphatic carbocycles. The third-order valence-corrected chi connectivity index (χ3v) is 1.85. The SMILES string of the molecule is COC(=O)[C@H](CCOC(F)(F)F)NC(=O)OC(C)(C)C. The molecule has 6 nitrogen and oxygen atoms in total. The molecule has 0 aromatic rings. The van der Waals surface area contributed by atoms with Gasteiger partial charge in [0.05, 0.1) is 13.7 Å². The zero-order chi connectivity index (χ0) is 16.0. The van der Waals surface area contributed by atoms with Gasteiger partial charge in [0.1, 0.15) is 11.6 Å². The quantitative estimate of drug-likeness (QED) is 0.786. The third kappa shape index (κ3) is 9.42. The predicted octanol–water partition coefficient (Wildman–Crippen LogP) is 1.98. The first-order chi connectivity index (χ1) is 8.94. The summed E-state index contributed by atoms with van der Waals surface area (Å²) in [5.41, 5.74) is -0.798. The highest BCUT2D eigenvalue weighted by molar-refractivity contribution is 5.81. The van der Waals surface area contributed by atoms with E-state index >= 15 is 0 Å². The zero-order valence-electron chi connectivity index (χ0n) is 11.7. The molecular weight excluding hydrogens is 283 g/mol. The van der Waals surface area contributed by atoms with Crippen molar-refractivity contribution in [3.8, 4) is 0 Å². The number of methoxy groups -OCH3 is 1. The van der Waals surface area contributed by atoms with E-state index in [1.807, 2.05) is 0 Å². The number of hydrogen-bond donors (Lipinski definition) is 1. The van der Waals surface area contributed by atoms with E-state index in [-0.39, 0.29) is 0 Å². The molecule has 0 heterocycles. The highest BCUT2D eigenvalue weighted by Gasteiger charge is 2.31. The maximum Gasteiger partial charge on any atom is 0.522 e. The summed E-state index contributed by atoms with van der Waals surface area (Å²) in [5.74, 6) is -0.887. The van der Waals surface area contributed by atoms with Crippen molar-refractivity contribution in [3.05, 3.63) is 0 Å². The molecule has 0 aromatic heterocycles. The number of carbonyl (C=O) groups is 2. The van der Waals surface area contributed by atoms with Crippen molar-refractivity contribution >= 4 is 12.1 Å². The molecule has 9 heteroatoms. The van der Waals surface area contributed by atoms with Gasteiger partial charge >= 0.3 is 18.4 Å². The predicted molar refractivity (Wildman–Crippen MR) is 61.8 cm³/mol. The monoisotopic (exact) mass is 301 g/mol. The summed E-state index contributed by atoms with van der Waals surface area (Å²) in [7, 11) is 1.05. The number of carbonyl (C=O) groups excluding carboxylic acids is 2. The summed E-state index contributed by atoms with van der Waals surface area (Å²) in [5, 5.41) is 2.13. The Morgan fingerprint density at radius 1 is 1.20 bits per heavy atom. The van der Waals surface area contributed by atoms with E-state index in [0.717, 1.165) is 7.11 Å². The second kappa shape index (κ2) is 7.32. The van der Waals surface area contributed by atoms with Crippen molar-refractivity contribution in [1.29, 1.82) is 0 Å². The number of alkyl halides is 3. The van der Waals surface area contributed by atoms with Gasteiger partial charge in [0, 0.05) is 6.42 Å². The van der Waals surface area contributed by atoms with Gasteiger partial charge in [-0.05, 0) is 20.8 Å². The molecule has 0 bridgehead atoms. The minimum Gasteiger partial charge on any atom is -0.467 e. The second-order valence-electron chi connectivity index (χ2n) is 4.80. The Morgan fingerprint density at radius 3 is 2.15 bits per heavy atom. The smallest absolute Gasteiger partial charge is 0.467 e. The van der Waals surface area contributed by atoms with Gasteiger partial charge in [0.15, 0.2) is 0 Å². The molecule has 0 aliphatic heterocycles. The van der Waals surface area contributed by atoms with Crippen molar-refractivity contribution < 1.29 is 37.0 Å². The van der Waals surface area contributed by atoms with Crippen LogP contribution in [0.15, 0.2) is 0 Å². The van der Waals surface area contributed by atoms with E-state index in [1.165, 1.54) is 0 Å². The van der Waals surface area contributed by atoms with Gasteiger partial charge < -0.3 is 14.8 Å². The summed E-state index contributed by atoms with van der Waals surface area (Å²) in [4.78, 5) is 22.8. The molecule has 1 atom stereocenters. The molecule has 118 valence electrons. The largest absolute Gasteiger partial charge is 0.522 e. The minimum atomic E-state index is -4.80. The molecule has 20 heavy (non-hydrogen) atoms. The molecule has 0 unspecified atom stereocenters. The second-order valence-corrected chi connectivity index (χ2v) is 4.80. The summed E-state index contributed by atoms with van der Waals surface area (Å²) in [6, 6.07) is -1.28. The highest BCUT2D eigenvalue weighted by atomic mass is 19.4. The van der Waals surface area contributed by atoms with Crippen LogP contribution in [0.4, 0.5) is 18.0 Å². The fraction of sp³-hybridized carbons (Fsp3) is 0.818. The van der Waals surface area contributed by atoms with Crippen LogP contribution in [0, 0.1) is 0 Å². The minimum absolute atomic E-state index is 0.397. The summed E-state index contributed by atoms with van der Waals surface area (Å²) >= 11 is 0. The number of amides is 1. The lowest BCUT2D eigenvalue weighted by Crippen LogP contribution is -2.44. The third-order valence-electron chi connectivity index (χ3n) is 1.85. The van der Waals surface area contributed by atoms with Crippen LogP contribution in [0.25, 0.3) is 0 Å². The molecule has 0 saturated carbocycles. The fourth-order valence-electron chi connectivity index (χ4n) is 1.13. The topological polar surface area (TPSA) is 73.9 Å². The normalized spacial score (nSPS) is 13.6. The molecule has 0 aliphatic rings. The van der Waals surface area contributed by atoms with Gasteiger partial charge in [0.2, 0.25) is 0 Å². The molecule has 1 N–H and O–H groups in total. The lowest BCUT2D eigenvalue weighted by Gasteiger charge is -2.22. The van der Waals surface area contributed by atoms with E-state index in [2.05, 4.69) is 14.8 Å². The lowest BCUT2D eigenvalue weighted by molar-refractivity contribution is -0.324. The van der Waals surface area contributed by atoms with Crippen LogP contribution in [0.1, 0.15) is 27.2 Å². The summed E-state index contributed by atoms with van der Waals surface area (Å²) in [6.07, 6.45) is -6.13. The molecule has 0 spiro atoms. The van der Waals surface area contributed by atoms with Crippen molar-refractivity contribution in [2.24, 2.45) is 0 Å². The van der Waals surface area contributed by atoms with Crippen LogP contribution >= 0.6 is 0 Å². The lowest BCUT2D eigenvalue weighted by atomic mass is 10.2. The van der Waals surface area contributed by atoms with E-state index in [0.29, 0.717) is 0 Å². The number of hydrogen-bond acceptors (Lipinski definition) is 5. The Bertz CT molecular complexity index is 338. The maximum absolute atomic E-state index is 11.8. The van der Waals surface area contributed by atoms with Gasteiger partial charge in [-0.3, -0.25) is 4.74 Å². The van der Waals surface area contributed by atoms with Gasteiger partial charge in [-0.15, -0.1) is 13.2 Å². The van der Waals surface area contributed by atoms with Gasteiger partial charge in [-0.2, -0.15) is 0 Å². The molecule has 0 fully saturated rings. The Kier molecular flexibility index (Phi) is 6.77. The van der Waals surface area contributed by atoms with Crippen LogP contribution in [-0.4, -0.2) is 43.8 Å². The Hall–Kier alpha value is -1.51. The standard InChI is InChI=1S/C11H18F3NO5/c1-10(2,3)20-9(17)15-7(8(16)18-4)5-6-19-11(12,13)14/h7H,5-6H2,1-4H3,(H,15,17)/t7-/m0/s1. The maximum atomic E-state index is 11.8. The van der Waals surface area contributed by atoms with E-state index in [4.69, 9.17) is 4.74 Å².